The molecule has 1 heterocycles. The van der Waals surface area contributed by atoms with Gasteiger partial charge >= 0.3 is 0 Å². The first-order valence-electron chi connectivity index (χ1n) is 4.83. The van der Waals surface area contributed by atoms with E-state index in [1.165, 1.54) is 0 Å². The van der Waals surface area contributed by atoms with Gasteiger partial charge in [0.1, 0.15) is 0 Å². The van der Waals surface area contributed by atoms with Gasteiger partial charge in [0.15, 0.2) is 0 Å². The molecule has 0 aliphatic rings. The van der Waals surface area contributed by atoms with E-state index >= 15 is 0 Å². The number of hydrogen-bond donors (Lipinski definition) is 1. The highest BCUT2D eigenvalue weighted by atomic mass is 79.9. The summed E-state index contributed by atoms with van der Waals surface area (Å²) in [5.41, 5.74) is 2.10. The lowest BCUT2D eigenvalue weighted by molar-refractivity contribution is 1.13. The van der Waals surface area contributed by atoms with Gasteiger partial charge in [-0.15, -0.1) is 0 Å². The molecule has 0 saturated carbocycles. The highest BCUT2D eigenvalue weighted by molar-refractivity contribution is 9.10. The first-order chi connectivity index (χ1) is 7.75. The molecule has 82 valence electrons. The predicted octanol–water partition coefficient (Wildman–Crippen LogP) is 4.11. The van der Waals surface area contributed by atoms with E-state index < -0.39 is 0 Å². The SMILES string of the molecule is Clc1cnccc1CNc1cccc(Br)c1. The van der Waals surface area contributed by atoms with Gasteiger partial charge in [0.05, 0.1) is 5.02 Å². The Morgan fingerprint density at radius 1 is 1.31 bits per heavy atom. The number of rotatable bonds is 3. The summed E-state index contributed by atoms with van der Waals surface area (Å²) >= 11 is 9.44. The third kappa shape index (κ3) is 2.97. The van der Waals surface area contributed by atoms with E-state index in [1.807, 2.05) is 30.3 Å². The minimum Gasteiger partial charge on any atom is -0.381 e. The van der Waals surface area contributed by atoms with Crippen molar-refractivity contribution >= 4 is 33.2 Å². The van der Waals surface area contributed by atoms with Crippen LogP contribution in [-0.4, -0.2) is 4.98 Å². The van der Waals surface area contributed by atoms with Crippen LogP contribution in [0.15, 0.2) is 47.2 Å². The minimum absolute atomic E-state index is 0.685. The van der Waals surface area contributed by atoms with Gasteiger partial charge in [-0.25, -0.2) is 0 Å². The predicted molar refractivity (Wildman–Crippen MR) is 70.7 cm³/mol. The molecule has 0 atom stereocenters. The van der Waals surface area contributed by atoms with Gasteiger partial charge in [-0.1, -0.05) is 33.6 Å². The van der Waals surface area contributed by atoms with Crippen LogP contribution < -0.4 is 5.32 Å². The van der Waals surface area contributed by atoms with Crippen molar-refractivity contribution in [3.63, 3.8) is 0 Å². The van der Waals surface area contributed by atoms with E-state index in [9.17, 15) is 0 Å². The average molecular weight is 298 g/mol. The molecule has 1 N–H and O–H groups in total. The summed E-state index contributed by atoms with van der Waals surface area (Å²) in [7, 11) is 0. The number of benzene rings is 1. The third-order valence-corrected chi connectivity index (χ3v) is 3.00. The Bertz CT molecular complexity index is 488. The fourth-order valence-electron chi connectivity index (χ4n) is 1.34. The van der Waals surface area contributed by atoms with Crippen LogP contribution in [0.25, 0.3) is 0 Å². The molecule has 0 aliphatic carbocycles. The van der Waals surface area contributed by atoms with Crippen LogP contribution in [0, 0.1) is 0 Å². The van der Waals surface area contributed by atoms with Crippen LogP contribution in [0.4, 0.5) is 5.69 Å². The molecule has 2 rings (SSSR count). The van der Waals surface area contributed by atoms with Crippen molar-refractivity contribution in [2.45, 2.75) is 6.54 Å². The molecule has 2 aromatic rings. The lowest BCUT2D eigenvalue weighted by atomic mass is 10.2. The van der Waals surface area contributed by atoms with Crippen LogP contribution in [0.3, 0.4) is 0 Å². The average Bonchev–Trinajstić information content (AvgIpc) is 2.28. The molecule has 0 saturated heterocycles. The lowest BCUT2D eigenvalue weighted by Gasteiger charge is -2.07. The summed E-state index contributed by atoms with van der Waals surface area (Å²) < 4.78 is 1.05. The van der Waals surface area contributed by atoms with E-state index in [-0.39, 0.29) is 0 Å². The summed E-state index contributed by atoms with van der Waals surface area (Å²) in [6.07, 6.45) is 3.39. The van der Waals surface area contributed by atoms with Crippen molar-refractivity contribution in [3.8, 4) is 0 Å². The first kappa shape index (κ1) is 11.4. The van der Waals surface area contributed by atoms with E-state index in [0.29, 0.717) is 11.6 Å². The van der Waals surface area contributed by atoms with Gasteiger partial charge in [0.2, 0.25) is 0 Å². The summed E-state index contributed by atoms with van der Waals surface area (Å²) in [4.78, 5) is 3.95. The highest BCUT2D eigenvalue weighted by Gasteiger charge is 1.99. The van der Waals surface area contributed by atoms with Crippen molar-refractivity contribution in [3.05, 3.63) is 57.8 Å². The molecule has 16 heavy (non-hydrogen) atoms. The zero-order chi connectivity index (χ0) is 11.4. The smallest absolute Gasteiger partial charge is 0.0639 e. The Hall–Kier alpha value is -1.06. The third-order valence-electron chi connectivity index (χ3n) is 2.16. The molecule has 1 aromatic heterocycles. The maximum Gasteiger partial charge on any atom is 0.0639 e. The van der Waals surface area contributed by atoms with Gasteiger partial charge in [0, 0.05) is 29.1 Å². The van der Waals surface area contributed by atoms with Crippen LogP contribution >= 0.6 is 27.5 Å². The number of pyridine rings is 1. The van der Waals surface area contributed by atoms with E-state index in [4.69, 9.17) is 11.6 Å². The zero-order valence-electron chi connectivity index (χ0n) is 8.45. The Balaban J connectivity index is 2.05. The molecule has 0 fully saturated rings. The maximum absolute atomic E-state index is 6.01. The molecular formula is C12H10BrClN2. The molecule has 2 nitrogen and oxygen atoms in total. The molecule has 0 radical (unpaired) electrons. The van der Waals surface area contributed by atoms with E-state index in [1.54, 1.807) is 12.4 Å². The van der Waals surface area contributed by atoms with Gasteiger partial charge < -0.3 is 5.32 Å². The second-order valence-corrected chi connectivity index (χ2v) is 4.65. The summed E-state index contributed by atoms with van der Waals surface area (Å²) in [5, 5.41) is 3.99. The Morgan fingerprint density at radius 3 is 2.94 bits per heavy atom. The van der Waals surface area contributed by atoms with Crippen LogP contribution in [0.2, 0.25) is 5.02 Å². The number of hydrogen-bond acceptors (Lipinski definition) is 2. The number of aromatic nitrogens is 1. The van der Waals surface area contributed by atoms with Crippen molar-refractivity contribution < 1.29 is 0 Å². The van der Waals surface area contributed by atoms with E-state index in [2.05, 4.69) is 26.2 Å². The Morgan fingerprint density at radius 2 is 2.19 bits per heavy atom. The van der Waals surface area contributed by atoms with Gasteiger partial charge in [-0.2, -0.15) is 0 Å². The number of nitrogens with one attached hydrogen (secondary N) is 1. The van der Waals surface area contributed by atoms with Gasteiger partial charge in [0.25, 0.3) is 0 Å². The first-order valence-corrected chi connectivity index (χ1v) is 6.00. The van der Waals surface area contributed by atoms with Crippen molar-refractivity contribution in [1.29, 1.82) is 0 Å². The molecule has 0 unspecified atom stereocenters. The number of nitrogens with zero attached hydrogens (tertiary/aromatic N) is 1. The van der Waals surface area contributed by atoms with Crippen LogP contribution in [-0.2, 0) is 6.54 Å². The fourth-order valence-corrected chi connectivity index (χ4v) is 1.93. The van der Waals surface area contributed by atoms with Crippen molar-refractivity contribution in [2.24, 2.45) is 0 Å². The molecular weight excluding hydrogens is 288 g/mol. The minimum atomic E-state index is 0.685. The zero-order valence-corrected chi connectivity index (χ0v) is 10.8. The quantitative estimate of drug-likeness (QED) is 0.922. The van der Waals surface area contributed by atoms with Crippen molar-refractivity contribution in [2.75, 3.05) is 5.32 Å². The molecule has 0 spiro atoms. The largest absolute Gasteiger partial charge is 0.381 e. The summed E-state index contributed by atoms with van der Waals surface area (Å²) in [5.74, 6) is 0. The summed E-state index contributed by atoms with van der Waals surface area (Å²) in [6, 6.07) is 9.92. The summed E-state index contributed by atoms with van der Waals surface area (Å²) in [6.45, 7) is 0.692. The molecule has 1 aromatic carbocycles. The monoisotopic (exact) mass is 296 g/mol. The molecule has 0 aliphatic heterocycles. The number of halogens is 2. The topological polar surface area (TPSA) is 24.9 Å². The fraction of sp³-hybridized carbons (Fsp3) is 0.0833. The van der Waals surface area contributed by atoms with E-state index in [0.717, 1.165) is 15.7 Å². The normalized spacial score (nSPS) is 10.1. The second kappa shape index (κ2) is 5.32. The standard InChI is InChI=1S/C12H10BrClN2/c13-10-2-1-3-11(6-10)16-7-9-4-5-15-8-12(9)14/h1-6,8,16H,7H2. The highest BCUT2D eigenvalue weighted by Crippen LogP contribution is 2.18. The molecule has 4 heteroatoms. The van der Waals surface area contributed by atoms with Crippen molar-refractivity contribution in [1.82, 2.24) is 4.98 Å². The van der Waals surface area contributed by atoms with Gasteiger partial charge in [-0.05, 0) is 29.8 Å². The van der Waals surface area contributed by atoms with Gasteiger partial charge in [-0.3, -0.25) is 4.98 Å². The number of anilines is 1. The maximum atomic E-state index is 6.01. The Labute approximate surface area is 108 Å². The molecule has 0 amide bonds. The molecule has 0 bridgehead atoms. The second-order valence-electron chi connectivity index (χ2n) is 3.33. The Kier molecular flexibility index (Phi) is 3.80. The lowest BCUT2D eigenvalue weighted by Crippen LogP contribution is -2.00. The van der Waals surface area contributed by atoms with Crippen LogP contribution in [0.1, 0.15) is 5.56 Å². The van der Waals surface area contributed by atoms with Crippen LogP contribution in [0.5, 0.6) is 0 Å².